The lowest BCUT2D eigenvalue weighted by Crippen LogP contribution is -2.58. The van der Waals surface area contributed by atoms with Crippen molar-refractivity contribution in [1.29, 1.82) is 0 Å². The first-order valence-electron chi connectivity index (χ1n) is 9.17. The number of imide groups is 1. The van der Waals surface area contributed by atoms with E-state index in [1.165, 1.54) is 11.0 Å². The fourth-order valence-corrected chi connectivity index (χ4v) is 4.42. The number of nitrogens with two attached hydrogens (primary N) is 1. The molecule has 162 valence electrons. The minimum Gasteiger partial charge on any atom is -0.328 e. The number of nitrogens with zero attached hydrogens (tertiary/aromatic N) is 2. The number of alkyl halides is 3. The standard InChI is InChI=1S/C19H21F3N4O4/c1-17(2)6-12(7-18(9-17,10-23)25-8-15(27)24-16(25)28)11-3-4-14(26(29)30)13(5-11)19(20,21)22/h3-6H,7-10,23H2,1-2H3,(H,24,27,28). The van der Waals surface area contributed by atoms with E-state index in [2.05, 4.69) is 5.32 Å². The Morgan fingerprint density at radius 2 is 1.97 bits per heavy atom. The van der Waals surface area contributed by atoms with E-state index in [1.807, 2.05) is 13.8 Å². The van der Waals surface area contributed by atoms with Gasteiger partial charge in [-0.1, -0.05) is 19.9 Å². The van der Waals surface area contributed by atoms with E-state index < -0.39 is 45.2 Å². The van der Waals surface area contributed by atoms with Gasteiger partial charge in [0.1, 0.15) is 12.1 Å². The van der Waals surface area contributed by atoms with E-state index in [1.54, 1.807) is 6.08 Å². The number of benzene rings is 1. The summed E-state index contributed by atoms with van der Waals surface area (Å²) in [5, 5.41) is 13.2. The molecular formula is C19H21F3N4O4. The van der Waals surface area contributed by atoms with Crippen molar-refractivity contribution < 1.29 is 27.7 Å². The van der Waals surface area contributed by atoms with Gasteiger partial charge in [0.2, 0.25) is 5.91 Å². The van der Waals surface area contributed by atoms with Gasteiger partial charge in [-0.2, -0.15) is 13.2 Å². The van der Waals surface area contributed by atoms with Gasteiger partial charge in [0.05, 0.1) is 10.5 Å². The van der Waals surface area contributed by atoms with Gasteiger partial charge in [0, 0.05) is 12.6 Å². The van der Waals surface area contributed by atoms with Crippen LogP contribution in [0.15, 0.2) is 24.3 Å². The molecule has 11 heteroatoms. The molecule has 1 aromatic rings. The van der Waals surface area contributed by atoms with Crippen molar-refractivity contribution in [2.75, 3.05) is 13.1 Å². The number of allylic oxidation sites excluding steroid dienone is 1. The Morgan fingerprint density at radius 1 is 1.30 bits per heavy atom. The van der Waals surface area contributed by atoms with Gasteiger partial charge in [0.15, 0.2) is 0 Å². The number of carbonyl (C=O) groups is 2. The number of nitro groups is 1. The molecule has 0 aromatic heterocycles. The number of halogens is 3. The molecular weight excluding hydrogens is 405 g/mol. The Hall–Kier alpha value is -2.95. The Bertz CT molecular complexity index is 958. The summed E-state index contributed by atoms with van der Waals surface area (Å²) >= 11 is 0. The molecule has 1 aliphatic heterocycles. The maximum Gasteiger partial charge on any atom is 0.423 e. The third kappa shape index (κ3) is 3.89. The van der Waals surface area contributed by atoms with Crippen LogP contribution in [0.5, 0.6) is 0 Å². The summed E-state index contributed by atoms with van der Waals surface area (Å²) in [6.07, 6.45) is -2.60. The number of hydrogen-bond acceptors (Lipinski definition) is 5. The predicted molar refractivity (Wildman–Crippen MR) is 101 cm³/mol. The van der Waals surface area contributed by atoms with Gasteiger partial charge in [-0.15, -0.1) is 0 Å². The van der Waals surface area contributed by atoms with Crippen molar-refractivity contribution in [3.05, 3.63) is 45.5 Å². The SMILES string of the molecule is CC1(C)C=C(c2ccc([N+](=O)[O-])c(C(F)(F)F)c2)CC(CN)(N2CC(=O)NC2=O)C1. The van der Waals surface area contributed by atoms with Gasteiger partial charge in [-0.05, 0) is 41.5 Å². The van der Waals surface area contributed by atoms with Crippen LogP contribution in [0.1, 0.15) is 37.8 Å². The monoisotopic (exact) mass is 426 g/mol. The molecule has 3 N–H and O–H groups in total. The van der Waals surface area contributed by atoms with Crippen molar-refractivity contribution in [1.82, 2.24) is 10.2 Å². The molecule has 8 nitrogen and oxygen atoms in total. The Labute approximate surface area is 170 Å². The summed E-state index contributed by atoms with van der Waals surface area (Å²) < 4.78 is 40.3. The van der Waals surface area contributed by atoms with Crippen LogP contribution in [0.2, 0.25) is 0 Å². The highest BCUT2D eigenvalue weighted by molar-refractivity contribution is 6.02. The van der Waals surface area contributed by atoms with Crippen molar-refractivity contribution in [3.63, 3.8) is 0 Å². The average Bonchev–Trinajstić information content (AvgIpc) is 2.97. The molecule has 1 heterocycles. The number of hydrogen-bond donors (Lipinski definition) is 2. The second-order valence-electron chi connectivity index (χ2n) is 8.37. The molecule has 3 rings (SSSR count). The molecule has 3 amide bonds. The van der Waals surface area contributed by atoms with Gasteiger partial charge in [-0.3, -0.25) is 20.2 Å². The number of nitro benzene ring substituents is 1. The molecule has 1 aromatic carbocycles. The largest absolute Gasteiger partial charge is 0.423 e. The first-order valence-corrected chi connectivity index (χ1v) is 9.17. The molecule has 0 radical (unpaired) electrons. The fraction of sp³-hybridized carbons (Fsp3) is 0.474. The number of rotatable bonds is 4. The highest BCUT2D eigenvalue weighted by Gasteiger charge is 2.49. The van der Waals surface area contributed by atoms with E-state index in [4.69, 9.17) is 5.73 Å². The quantitative estimate of drug-likeness (QED) is 0.436. The third-order valence-corrected chi connectivity index (χ3v) is 5.48. The average molecular weight is 426 g/mol. The van der Waals surface area contributed by atoms with Crippen molar-refractivity contribution >= 4 is 23.2 Å². The molecule has 2 aliphatic rings. The van der Waals surface area contributed by atoms with E-state index in [0.717, 1.165) is 12.1 Å². The lowest BCUT2D eigenvalue weighted by atomic mass is 9.67. The smallest absolute Gasteiger partial charge is 0.328 e. The third-order valence-electron chi connectivity index (χ3n) is 5.48. The van der Waals surface area contributed by atoms with Gasteiger partial charge >= 0.3 is 12.2 Å². The number of amides is 3. The summed E-state index contributed by atoms with van der Waals surface area (Å²) in [5.74, 6) is -0.476. The molecule has 1 fully saturated rings. The van der Waals surface area contributed by atoms with Crippen LogP contribution in [0.3, 0.4) is 0 Å². The topological polar surface area (TPSA) is 119 Å². The zero-order valence-corrected chi connectivity index (χ0v) is 16.4. The highest BCUT2D eigenvalue weighted by atomic mass is 19.4. The van der Waals surface area contributed by atoms with E-state index in [-0.39, 0.29) is 25.1 Å². The van der Waals surface area contributed by atoms with Crippen LogP contribution in [-0.2, 0) is 11.0 Å². The van der Waals surface area contributed by atoms with E-state index in [9.17, 15) is 32.9 Å². The number of carbonyl (C=O) groups excluding carboxylic acids is 2. The molecule has 1 saturated heterocycles. The lowest BCUT2D eigenvalue weighted by Gasteiger charge is -2.48. The summed E-state index contributed by atoms with van der Waals surface area (Å²) in [6, 6.07) is 2.25. The minimum absolute atomic E-state index is 0.00637. The second-order valence-corrected chi connectivity index (χ2v) is 8.37. The summed E-state index contributed by atoms with van der Waals surface area (Å²) in [6.45, 7) is 3.51. The molecule has 0 bridgehead atoms. The Morgan fingerprint density at radius 3 is 2.47 bits per heavy atom. The zero-order chi connectivity index (χ0) is 22.5. The summed E-state index contributed by atoms with van der Waals surface area (Å²) in [7, 11) is 0. The fourth-order valence-electron chi connectivity index (χ4n) is 4.42. The molecule has 1 unspecified atom stereocenters. The minimum atomic E-state index is -4.91. The highest BCUT2D eigenvalue weighted by Crippen LogP contribution is 2.47. The van der Waals surface area contributed by atoms with Crippen LogP contribution in [0.4, 0.5) is 23.7 Å². The molecule has 1 atom stereocenters. The molecule has 0 saturated carbocycles. The maximum atomic E-state index is 13.4. The zero-order valence-electron chi connectivity index (χ0n) is 16.4. The van der Waals surface area contributed by atoms with Crippen LogP contribution in [-0.4, -0.2) is 40.4 Å². The number of urea groups is 1. The summed E-state index contributed by atoms with van der Waals surface area (Å²) in [5.41, 5.74) is 2.74. The summed E-state index contributed by atoms with van der Waals surface area (Å²) in [4.78, 5) is 35.3. The van der Waals surface area contributed by atoms with Gasteiger partial charge in [0.25, 0.3) is 5.69 Å². The van der Waals surface area contributed by atoms with E-state index >= 15 is 0 Å². The normalized spacial score (nSPS) is 23.9. The molecule has 30 heavy (non-hydrogen) atoms. The van der Waals surface area contributed by atoms with Crippen LogP contribution in [0, 0.1) is 15.5 Å². The van der Waals surface area contributed by atoms with Crippen LogP contribution in [0.25, 0.3) is 5.57 Å². The first kappa shape index (κ1) is 21.8. The second kappa shape index (κ2) is 7.08. The number of nitrogens with one attached hydrogen (secondary N) is 1. The van der Waals surface area contributed by atoms with Gasteiger partial charge in [-0.25, -0.2) is 4.79 Å². The Kier molecular flexibility index (Phi) is 5.13. The molecule has 1 aliphatic carbocycles. The van der Waals surface area contributed by atoms with E-state index in [0.29, 0.717) is 12.0 Å². The molecule has 0 spiro atoms. The van der Waals surface area contributed by atoms with Crippen molar-refractivity contribution in [2.24, 2.45) is 11.1 Å². The van der Waals surface area contributed by atoms with Gasteiger partial charge < -0.3 is 10.6 Å². The lowest BCUT2D eigenvalue weighted by molar-refractivity contribution is -0.388. The maximum absolute atomic E-state index is 13.4. The Balaban J connectivity index is 2.10. The van der Waals surface area contributed by atoms with Crippen molar-refractivity contribution in [3.8, 4) is 0 Å². The van der Waals surface area contributed by atoms with Crippen LogP contribution >= 0.6 is 0 Å². The van der Waals surface area contributed by atoms with Crippen LogP contribution < -0.4 is 11.1 Å². The predicted octanol–water partition coefficient (Wildman–Crippen LogP) is 3.07. The van der Waals surface area contributed by atoms with Crippen molar-refractivity contribution in [2.45, 2.75) is 38.4 Å². The first-order chi connectivity index (χ1) is 13.8.